The van der Waals surface area contributed by atoms with Gasteiger partial charge in [-0.3, -0.25) is 9.78 Å². The van der Waals surface area contributed by atoms with Gasteiger partial charge in [-0.05, 0) is 13.8 Å². The number of nitrogen functional groups attached to an aromatic ring is 1. The maximum Gasteiger partial charge on any atom is 0.259 e. The molecule has 0 unspecified atom stereocenters. The summed E-state index contributed by atoms with van der Waals surface area (Å²) >= 11 is 0. The summed E-state index contributed by atoms with van der Waals surface area (Å²) in [5.41, 5.74) is 2.68. The van der Waals surface area contributed by atoms with E-state index in [1.54, 1.807) is 0 Å². The van der Waals surface area contributed by atoms with Gasteiger partial charge in [-0.2, -0.15) is 0 Å². The fourth-order valence-electron chi connectivity index (χ4n) is 1.57. The predicted molar refractivity (Wildman–Crippen MR) is 63.4 cm³/mol. The van der Waals surface area contributed by atoms with Gasteiger partial charge in [0.15, 0.2) is 10.6 Å². The van der Waals surface area contributed by atoms with E-state index in [1.165, 1.54) is 26.2 Å². The highest BCUT2D eigenvalue weighted by Gasteiger charge is 2.60. The quantitative estimate of drug-likeness (QED) is 0.546. The van der Waals surface area contributed by atoms with Crippen LogP contribution in [0.3, 0.4) is 0 Å². The first-order valence-electron chi connectivity index (χ1n) is 5.15. The van der Waals surface area contributed by atoms with E-state index >= 15 is 0 Å². The van der Waals surface area contributed by atoms with Gasteiger partial charge < -0.3 is 5.43 Å². The second kappa shape index (κ2) is 3.89. The van der Waals surface area contributed by atoms with Crippen LogP contribution in [0.1, 0.15) is 19.5 Å². The molecule has 0 saturated carbocycles. The van der Waals surface area contributed by atoms with Gasteiger partial charge in [0.2, 0.25) is 0 Å². The van der Waals surface area contributed by atoms with Crippen LogP contribution in [0.4, 0.5) is 5.82 Å². The van der Waals surface area contributed by atoms with E-state index in [1.807, 2.05) is 0 Å². The first kappa shape index (κ1) is 12.7. The second-order valence-corrected chi connectivity index (χ2v) is 6.78. The Labute approximate surface area is 104 Å². The van der Waals surface area contributed by atoms with E-state index in [4.69, 9.17) is 5.84 Å². The van der Waals surface area contributed by atoms with Crippen molar-refractivity contribution in [3.05, 3.63) is 18.1 Å². The Kier molecular flexibility index (Phi) is 2.74. The molecule has 0 aliphatic carbocycles. The van der Waals surface area contributed by atoms with Crippen molar-refractivity contribution in [3.8, 4) is 0 Å². The number of amides is 1. The fourth-order valence-corrected chi connectivity index (χ4v) is 3.07. The molecule has 1 aromatic heterocycles. The minimum atomic E-state index is -3.59. The SMILES string of the molecule is CC1(C)C(=O)N(Cc2cnc(NN)cn2)S1(=O)=O. The topological polar surface area (TPSA) is 118 Å². The Hall–Kier alpha value is -1.74. The zero-order valence-corrected chi connectivity index (χ0v) is 10.7. The summed E-state index contributed by atoms with van der Waals surface area (Å²) in [4.78, 5) is 19.5. The Morgan fingerprint density at radius 3 is 2.50 bits per heavy atom. The van der Waals surface area contributed by atoms with Crippen LogP contribution in [0.2, 0.25) is 0 Å². The molecule has 9 heteroatoms. The molecule has 0 atom stereocenters. The zero-order chi connectivity index (χ0) is 13.6. The molecule has 8 nitrogen and oxygen atoms in total. The van der Waals surface area contributed by atoms with E-state index < -0.39 is 20.7 Å². The molecule has 0 bridgehead atoms. The lowest BCUT2D eigenvalue weighted by Crippen LogP contribution is -2.66. The summed E-state index contributed by atoms with van der Waals surface area (Å²) in [5, 5.41) is 0. The molecule has 2 heterocycles. The van der Waals surface area contributed by atoms with E-state index in [0.717, 1.165) is 4.31 Å². The monoisotopic (exact) mass is 271 g/mol. The average molecular weight is 271 g/mol. The van der Waals surface area contributed by atoms with Gasteiger partial charge in [0.1, 0.15) is 0 Å². The Morgan fingerprint density at radius 2 is 2.06 bits per heavy atom. The number of nitrogens with one attached hydrogen (secondary N) is 1. The first-order chi connectivity index (χ1) is 8.30. The number of rotatable bonds is 3. The molecule has 1 amide bonds. The second-order valence-electron chi connectivity index (χ2n) is 4.36. The van der Waals surface area contributed by atoms with Crippen molar-refractivity contribution >= 4 is 21.7 Å². The third kappa shape index (κ3) is 1.63. The number of hydrogen-bond acceptors (Lipinski definition) is 7. The van der Waals surface area contributed by atoms with E-state index in [-0.39, 0.29) is 6.54 Å². The smallest absolute Gasteiger partial charge is 0.259 e. The Bertz CT molecular complexity index is 581. The number of anilines is 1. The third-order valence-corrected chi connectivity index (χ3v) is 5.17. The van der Waals surface area contributed by atoms with E-state index in [2.05, 4.69) is 15.4 Å². The van der Waals surface area contributed by atoms with Gasteiger partial charge in [0.05, 0.1) is 24.6 Å². The summed E-state index contributed by atoms with van der Waals surface area (Å²) in [7, 11) is -3.59. The van der Waals surface area contributed by atoms with Crippen molar-refractivity contribution in [3.63, 3.8) is 0 Å². The lowest BCUT2D eigenvalue weighted by atomic mass is 10.2. The van der Waals surface area contributed by atoms with Crippen LogP contribution in [-0.4, -0.2) is 33.3 Å². The molecule has 98 valence electrons. The van der Waals surface area contributed by atoms with Gasteiger partial charge in [-0.1, -0.05) is 0 Å². The number of hydrazine groups is 1. The van der Waals surface area contributed by atoms with E-state index in [0.29, 0.717) is 11.5 Å². The van der Waals surface area contributed by atoms with Crippen molar-refractivity contribution in [1.29, 1.82) is 0 Å². The summed E-state index contributed by atoms with van der Waals surface area (Å²) in [5.74, 6) is 5.04. The number of nitrogens with two attached hydrogens (primary N) is 1. The largest absolute Gasteiger partial charge is 0.307 e. The molecule has 0 radical (unpaired) electrons. The summed E-state index contributed by atoms with van der Waals surface area (Å²) in [6.45, 7) is 2.66. The van der Waals surface area contributed by atoms with Gasteiger partial charge in [0.25, 0.3) is 15.9 Å². The summed E-state index contributed by atoms with van der Waals surface area (Å²) in [6, 6.07) is 0. The lowest BCUT2D eigenvalue weighted by molar-refractivity contribution is -0.132. The molecule has 1 saturated heterocycles. The van der Waals surface area contributed by atoms with Crippen LogP contribution in [0, 0.1) is 0 Å². The van der Waals surface area contributed by atoms with Gasteiger partial charge >= 0.3 is 0 Å². The standard InChI is InChI=1S/C9H13N5O3S/c1-9(2)8(15)14(18(9,16)17)5-6-3-12-7(13-10)4-11-6/h3-4H,5,10H2,1-2H3,(H,12,13). The van der Waals surface area contributed by atoms with Crippen molar-refractivity contribution in [2.24, 2.45) is 5.84 Å². The molecule has 1 fully saturated rings. The molecule has 0 spiro atoms. The maximum atomic E-state index is 11.8. The van der Waals surface area contributed by atoms with Gasteiger partial charge in [0, 0.05) is 0 Å². The molecular formula is C9H13N5O3S. The normalized spacial score (nSPS) is 20.4. The highest BCUT2D eigenvalue weighted by Crippen LogP contribution is 2.35. The van der Waals surface area contributed by atoms with Crippen LogP contribution in [-0.2, 0) is 21.4 Å². The highest BCUT2D eigenvalue weighted by atomic mass is 32.2. The number of sulfonamides is 1. The minimum Gasteiger partial charge on any atom is -0.307 e. The molecule has 1 aromatic rings. The summed E-state index contributed by atoms with van der Waals surface area (Å²) in [6.07, 6.45) is 2.72. The van der Waals surface area contributed by atoms with Crippen LogP contribution >= 0.6 is 0 Å². The van der Waals surface area contributed by atoms with Crippen LogP contribution in [0.5, 0.6) is 0 Å². The van der Waals surface area contributed by atoms with Crippen molar-refractivity contribution in [1.82, 2.24) is 14.3 Å². The highest BCUT2D eigenvalue weighted by molar-refractivity contribution is 7.94. The zero-order valence-electron chi connectivity index (χ0n) is 9.91. The Morgan fingerprint density at radius 1 is 1.39 bits per heavy atom. The lowest BCUT2D eigenvalue weighted by Gasteiger charge is -2.42. The molecule has 3 N–H and O–H groups in total. The van der Waals surface area contributed by atoms with Crippen molar-refractivity contribution < 1.29 is 13.2 Å². The molecule has 0 aromatic carbocycles. The molecular weight excluding hydrogens is 258 g/mol. The molecule has 18 heavy (non-hydrogen) atoms. The van der Waals surface area contributed by atoms with E-state index in [9.17, 15) is 13.2 Å². The van der Waals surface area contributed by atoms with Gasteiger partial charge in [-0.25, -0.2) is 23.5 Å². The Balaban J connectivity index is 2.18. The number of carbonyl (C=O) groups is 1. The minimum absolute atomic E-state index is 0.109. The first-order valence-corrected chi connectivity index (χ1v) is 6.59. The number of aromatic nitrogens is 2. The third-order valence-electron chi connectivity index (χ3n) is 2.84. The van der Waals surface area contributed by atoms with Crippen LogP contribution in [0.25, 0.3) is 0 Å². The fraction of sp³-hybridized carbons (Fsp3) is 0.444. The summed E-state index contributed by atoms with van der Waals surface area (Å²) < 4.78 is 23.1. The number of nitrogens with zero attached hydrogens (tertiary/aromatic N) is 3. The van der Waals surface area contributed by atoms with Crippen LogP contribution < -0.4 is 11.3 Å². The van der Waals surface area contributed by atoms with Gasteiger partial charge in [-0.15, -0.1) is 0 Å². The number of hydrogen-bond donors (Lipinski definition) is 2. The predicted octanol–water partition coefficient (Wildman–Crippen LogP) is -0.787. The molecule has 1 aliphatic rings. The molecule has 1 aliphatic heterocycles. The molecule has 2 rings (SSSR count). The number of carbonyl (C=O) groups excluding carboxylic acids is 1. The average Bonchev–Trinajstić information content (AvgIpc) is 2.35. The van der Waals surface area contributed by atoms with Crippen LogP contribution in [0.15, 0.2) is 12.4 Å². The maximum absolute atomic E-state index is 11.8. The van der Waals surface area contributed by atoms with Crippen molar-refractivity contribution in [2.45, 2.75) is 25.1 Å². The van der Waals surface area contributed by atoms with Crippen molar-refractivity contribution in [2.75, 3.05) is 5.43 Å².